The first-order valence-corrected chi connectivity index (χ1v) is 7.14. The summed E-state index contributed by atoms with van der Waals surface area (Å²) >= 11 is 0. The Morgan fingerprint density at radius 3 is 2.12 bits per heavy atom. The Labute approximate surface area is 141 Å². The van der Waals surface area contributed by atoms with Crippen molar-refractivity contribution in [3.8, 4) is 0 Å². The maximum atomic E-state index is 13.6. The first kappa shape index (κ1) is 18.4. The molecule has 132 valence electrons. The number of carbonyl (C=O) groups is 2. The first-order valence-electron chi connectivity index (χ1n) is 7.14. The molecule has 25 heavy (non-hydrogen) atoms. The molecule has 0 fully saturated rings. The second kappa shape index (κ2) is 7.33. The van der Waals surface area contributed by atoms with Crippen LogP contribution in [0.25, 0.3) is 0 Å². The van der Waals surface area contributed by atoms with Crippen molar-refractivity contribution in [2.75, 3.05) is 14.1 Å². The van der Waals surface area contributed by atoms with Gasteiger partial charge >= 0.3 is 0 Å². The number of amides is 2. The predicted molar refractivity (Wildman–Crippen MR) is 81.9 cm³/mol. The smallest absolute Gasteiger partial charge is 0.254 e. The molecule has 8 heteroatoms. The highest BCUT2D eigenvalue weighted by Crippen LogP contribution is 2.18. The van der Waals surface area contributed by atoms with Crippen LogP contribution in [0.3, 0.4) is 0 Å². The minimum Gasteiger partial charge on any atom is -0.348 e. The summed E-state index contributed by atoms with van der Waals surface area (Å²) < 4.78 is 52.7. The molecule has 2 aromatic carbocycles. The van der Waals surface area contributed by atoms with Crippen molar-refractivity contribution in [1.29, 1.82) is 0 Å². The van der Waals surface area contributed by atoms with Crippen LogP contribution in [0.5, 0.6) is 0 Å². The summed E-state index contributed by atoms with van der Waals surface area (Å²) in [5.74, 6) is -8.73. The lowest BCUT2D eigenvalue weighted by Gasteiger charge is -2.11. The summed E-state index contributed by atoms with van der Waals surface area (Å²) in [4.78, 5) is 25.0. The number of hydrogen-bond acceptors (Lipinski definition) is 2. The molecule has 0 aliphatic heterocycles. The predicted octanol–water partition coefficient (Wildman–Crippen LogP) is 2.87. The minimum atomic E-state index is -2.04. The second-order valence-corrected chi connectivity index (χ2v) is 5.43. The maximum absolute atomic E-state index is 13.6. The minimum absolute atomic E-state index is 0.0741. The van der Waals surface area contributed by atoms with Gasteiger partial charge in [-0.2, -0.15) is 0 Å². The number of benzene rings is 2. The van der Waals surface area contributed by atoms with Crippen LogP contribution in [0.2, 0.25) is 0 Å². The topological polar surface area (TPSA) is 49.4 Å². The highest BCUT2D eigenvalue weighted by atomic mass is 19.2. The van der Waals surface area contributed by atoms with Gasteiger partial charge in [-0.05, 0) is 23.8 Å². The van der Waals surface area contributed by atoms with E-state index < -0.39 is 34.7 Å². The zero-order valence-electron chi connectivity index (χ0n) is 13.4. The van der Waals surface area contributed by atoms with Crippen molar-refractivity contribution in [2.45, 2.75) is 6.54 Å². The van der Waals surface area contributed by atoms with E-state index in [9.17, 15) is 27.2 Å². The highest BCUT2D eigenvalue weighted by Gasteiger charge is 2.22. The van der Waals surface area contributed by atoms with Crippen LogP contribution < -0.4 is 5.32 Å². The third-order valence-corrected chi connectivity index (χ3v) is 3.41. The van der Waals surface area contributed by atoms with E-state index in [-0.39, 0.29) is 12.5 Å². The van der Waals surface area contributed by atoms with Gasteiger partial charge in [0.1, 0.15) is 0 Å². The zero-order valence-corrected chi connectivity index (χ0v) is 13.4. The lowest BCUT2D eigenvalue weighted by atomic mass is 10.1. The molecule has 2 amide bonds. The van der Waals surface area contributed by atoms with Crippen LogP contribution in [0.15, 0.2) is 30.3 Å². The van der Waals surface area contributed by atoms with Gasteiger partial charge in [-0.25, -0.2) is 17.6 Å². The number of hydrogen-bond donors (Lipinski definition) is 1. The molecule has 0 radical (unpaired) electrons. The SMILES string of the molecule is CN(C)C(=O)c1ccc(CNC(=O)c2cc(F)c(F)c(F)c2F)cc1. The average molecular weight is 354 g/mol. The molecule has 0 unspecified atom stereocenters. The molecule has 0 heterocycles. The highest BCUT2D eigenvalue weighted by molar-refractivity contribution is 5.95. The molecule has 0 aromatic heterocycles. The molecular formula is C17H14F4N2O2. The van der Waals surface area contributed by atoms with Crippen molar-refractivity contribution in [3.63, 3.8) is 0 Å². The lowest BCUT2D eigenvalue weighted by molar-refractivity contribution is 0.0827. The number of nitrogens with one attached hydrogen (secondary N) is 1. The van der Waals surface area contributed by atoms with Gasteiger partial charge in [0.05, 0.1) is 5.56 Å². The van der Waals surface area contributed by atoms with Gasteiger partial charge in [0.2, 0.25) is 0 Å². The van der Waals surface area contributed by atoms with Crippen molar-refractivity contribution >= 4 is 11.8 Å². The molecule has 0 aliphatic carbocycles. The van der Waals surface area contributed by atoms with Gasteiger partial charge in [0.15, 0.2) is 23.3 Å². The fourth-order valence-electron chi connectivity index (χ4n) is 2.04. The molecule has 2 rings (SSSR count). The van der Waals surface area contributed by atoms with Crippen LogP contribution >= 0.6 is 0 Å². The first-order chi connectivity index (χ1) is 11.7. The van der Waals surface area contributed by atoms with E-state index in [4.69, 9.17) is 0 Å². The Morgan fingerprint density at radius 1 is 0.960 bits per heavy atom. The van der Waals surface area contributed by atoms with Crippen LogP contribution in [-0.4, -0.2) is 30.8 Å². The Hall–Kier alpha value is -2.90. The molecule has 1 N–H and O–H groups in total. The number of carbonyl (C=O) groups excluding carboxylic acids is 2. The Bertz CT molecular complexity index is 820. The average Bonchev–Trinajstić information content (AvgIpc) is 2.60. The normalized spacial score (nSPS) is 10.5. The molecular weight excluding hydrogens is 340 g/mol. The molecule has 4 nitrogen and oxygen atoms in total. The third kappa shape index (κ3) is 3.96. The molecule has 0 atom stereocenters. The fourth-order valence-corrected chi connectivity index (χ4v) is 2.04. The number of nitrogens with zero attached hydrogens (tertiary/aromatic N) is 1. The molecule has 0 spiro atoms. The standard InChI is InChI=1S/C17H14F4N2O2/c1-23(2)17(25)10-5-3-9(4-6-10)8-22-16(24)11-7-12(18)14(20)15(21)13(11)19/h3-7H,8H2,1-2H3,(H,22,24). The summed E-state index contributed by atoms with van der Waals surface area (Å²) in [6.45, 7) is -0.0741. The van der Waals surface area contributed by atoms with Crippen molar-refractivity contribution in [3.05, 3.63) is 70.3 Å². The van der Waals surface area contributed by atoms with Crippen LogP contribution in [-0.2, 0) is 6.54 Å². The summed E-state index contributed by atoms with van der Waals surface area (Å²) in [6.07, 6.45) is 0. The van der Waals surface area contributed by atoms with Gasteiger partial charge in [-0.1, -0.05) is 12.1 Å². The lowest BCUT2D eigenvalue weighted by Crippen LogP contribution is -2.25. The molecule has 0 bridgehead atoms. The van der Waals surface area contributed by atoms with E-state index in [1.165, 1.54) is 4.90 Å². The van der Waals surface area contributed by atoms with Gasteiger partial charge in [-0.3, -0.25) is 9.59 Å². The summed E-state index contributed by atoms with van der Waals surface area (Å²) in [5, 5.41) is 2.27. The Morgan fingerprint density at radius 2 is 1.56 bits per heavy atom. The van der Waals surface area contributed by atoms with E-state index in [1.54, 1.807) is 38.4 Å². The van der Waals surface area contributed by atoms with Gasteiger partial charge < -0.3 is 10.2 Å². The van der Waals surface area contributed by atoms with Gasteiger partial charge in [0.25, 0.3) is 11.8 Å². The number of halogens is 4. The monoisotopic (exact) mass is 354 g/mol. The molecule has 0 saturated carbocycles. The number of rotatable bonds is 4. The van der Waals surface area contributed by atoms with E-state index in [0.29, 0.717) is 17.2 Å². The summed E-state index contributed by atoms with van der Waals surface area (Å²) in [7, 11) is 3.21. The summed E-state index contributed by atoms with van der Waals surface area (Å²) in [5.41, 5.74) is 0.0803. The van der Waals surface area contributed by atoms with E-state index in [2.05, 4.69) is 5.32 Å². The quantitative estimate of drug-likeness (QED) is 0.521. The van der Waals surface area contributed by atoms with Gasteiger partial charge in [0, 0.05) is 26.2 Å². The van der Waals surface area contributed by atoms with E-state index >= 15 is 0 Å². The van der Waals surface area contributed by atoms with Gasteiger partial charge in [-0.15, -0.1) is 0 Å². The van der Waals surface area contributed by atoms with Crippen molar-refractivity contribution in [2.24, 2.45) is 0 Å². The third-order valence-electron chi connectivity index (χ3n) is 3.41. The fraction of sp³-hybridized carbons (Fsp3) is 0.176. The van der Waals surface area contributed by atoms with E-state index in [1.807, 2.05) is 0 Å². The molecule has 2 aromatic rings. The van der Waals surface area contributed by atoms with Crippen LogP contribution in [0.4, 0.5) is 17.6 Å². The largest absolute Gasteiger partial charge is 0.348 e. The zero-order chi connectivity index (χ0) is 18.7. The molecule has 0 saturated heterocycles. The second-order valence-electron chi connectivity index (χ2n) is 5.43. The Kier molecular flexibility index (Phi) is 5.41. The van der Waals surface area contributed by atoms with Crippen LogP contribution in [0, 0.1) is 23.3 Å². The Balaban J connectivity index is 2.09. The summed E-state index contributed by atoms with van der Waals surface area (Å²) in [6, 6.07) is 6.52. The van der Waals surface area contributed by atoms with Crippen molar-refractivity contribution in [1.82, 2.24) is 10.2 Å². The van der Waals surface area contributed by atoms with E-state index in [0.717, 1.165) is 0 Å². The van der Waals surface area contributed by atoms with Crippen molar-refractivity contribution < 1.29 is 27.2 Å². The molecule has 0 aliphatic rings. The van der Waals surface area contributed by atoms with Crippen LogP contribution in [0.1, 0.15) is 26.3 Å². The maximum Gasteiger partial charge on any atom is 0.254 e.